The van der Waals surface area contributed by atoms with E-state index in [1.807, 2.05) is 33.7 Å². The van der Waals surface area contributed by atoms with Crippen molar-refractivity contribution >= 4 is 27.8 Å². The molecule has 88 valence electrons. The highest BCUT2D eigenvalue weighted by Gasteiger charge is 1.94. The van der Waals surface area contributed by atoms with E-state index in [4.69, 9.17) is 0 Å². The Hall–Kier alpha value is -0.650. The van der Waals surface area contributed by atoms with Crippen molar-refractivity contribution in [1.82, 2.24) is 0 Å². The summed E-state index contributed by atoms with van der Waals surface area (Å²) in [6, 6.07) is 7.21. The number of quaternary nitrogens is 1. The second-order valence-corrected chi connectivity index (χ2v) is 5.79. The third-order valence-corrected chi connectivity index (χ3v) is 4.25. The van der Waals surface area contributed by atoms with E-state index in [0.717, 1.165) is 30.2 Å². The van der Waals surface area contributed by atoms with E-state index in [9.17, 15) is 5.11 Å². The van der Waals surface area contributed by atoms with Crippen molar-refractivity contribution in [1.29, 1.82) is 0 Å². The molecule has 3 nitrogen and oxygen atoms in total. The van der Waals surface area contributed by atoms with Crippen LogP contribution in [0, 0.1) is 0 Å². The molecule has 5 heteroatoms. The number of hydrogen-bond acceptors (Lipinski definition) is 4. The molecular formula is C11H17N2OS2+. The lowest BCUT2D eigenvalue weighted by Crippen LogP contribution is -2.51. The van der Waals surface area contributed by atoms with Crippen LogP contribution in [0.25, 0.3) is 0 Å². The third-order valence-electron chi connectivity index (χ3n) is 1.78. The maximum absolute atomic E-state index is 9.48. The zero-order valence-electron chi connectivity index (χ0n) is 9.13. The summed E-state index contributed by atoms with van der Waals surface area (Å²) in [6.07, 6.45) is 1.72. The Kier molecular flexibility index (Phi) is 7.12. The summed E-state index contributed by atoms with van der Waals surface area (Å²) in [5.74, 6) is 2.37. The number of benzene rings is 1. The second kappa shape index (κ2) is 8.50. The van der Waals surface area contributed by atoms with E-state index in [2.05, 4.69) is 10.7 Å². The van der Waals surface area contributed by atoms with Crippen LogP contribution in [0.3, 0.4) is 0 Å². The van der Waals surface area contributed by atoms with E-state index in [-0.39, 0.29) is 5.75 Å². The van der Waals surface area contributed by atoms with Gasteiger partial charge in [-0.05, 0) is 12.1 Å². The number of nitrogens with zero attached hydrogens (tertiary/aromatic N) is 1. The number of aromatic hydroxyl groups is 1. The molecule has 16 heavy (non-hydrogen) atoms. The molecule has 0 saturated heterocycles. The van der Waals surface area contributed by atoms with Gasteiger partial charge in [0.25, 0.3) is 0 Å². The number of hydrogen-bond donors (Lipinski definition) is 2. The molecule has 0 aromatic heterocycles. The zero-order chi connectivity index (χ0) is 11.6. The van der Waals surface area contributed by atoms with Crippen LogP contribution in [0.15, 0.2) is 29.3 Å². The highest BCUT2D eigenvalue weighted by molar-refractivity contribution is 8.76. The summed E-state index contributed by atoms with van der Waals surface area (Å²) in [7, 11) is 3.65. The van der Waals surface area contributed by atoms with Crippen LogP contribution < -0.4 is 5.73 Å². The average Bonchev–Trinajstić information content (AvgIpc) is 2.30. The van der Waals surface area contributed by atoms with Crippen LogP contribution in [-0.2, 0) is 0 Å². The Morgan fingerprint density at radius 3 is 2.75 bits per heavy atom. The minimum absolute atomic E-state index is 0.283. The van der Waals surface area contributed by atoms with Gasteiger partial charge in [-0.15, -0.1) is 0 Å². The van der Waals surface area contributed by atoms with Gasteiger partial charge in [-0.1, -0.05) is 33.7 Å². The predicted octanol–water partition coefficient (Wildman–Crippen LogP) is 1.43. The monoisotopic (exact) mass is 257 g/mol. The molecular weight excluding hydrogens is 240 g/mol. The highest BCUT2D eigenvalue weighted by atomic mass is 33.1. The predicted molar refractivity (Wildman–Crippen MR) is 73.2 cm³/mol. The van der Waals surface area contributed by atoms with Crippen LogP contribution in [0.2, 0.25) is 0 Å². The van der Waals surface area contributed by atoms with E-state index in [1.54, 1.807) is 18.3 Å². The molecule has 1 rings (SSSR count). The largest absolute Gasteiger partial charge is 0.507 e. The van der Waals surface area contributed by atoms with Gasteiger partial charge in [0.05, 0.1) is 12.3 Å². The van der Waals surface area contributed by atoms with Gasteiger partial charge in [-0.25, -0.2) is 0 Å². The first-order chi connectivity index (χ1) is 7.84. The van der Waals surface area contributed by atoms with Crippen molar-refractivity contribution < 1.29 is 10.8 Å². The van der Waals surface area contributed by atoms with Crippen LogP contribution in [0.1, 0.15) is 5.56 Å². The molecule has 1 aromatic rings. The van der Waals surface area contributed by atoms with Crippen LogP contribution in [-0.4, -0.2) is 35.9 Å². The molecule has 0 aliphatic rings. The van der Waals surface area contributed by atoms with Crippen LogP contribution >= 0.6 is 21.6 Å². The number of phenolic OH excluding ortho intramolecular Hbond substituents is 1. The molecule has 4 N–H and O–H groups in total. The summed E-state index contributed by atoms with van der Waals surface area (Å²) in [5, 5.41) is 9.48. The first-order valence-corrected chi connectivity index (χ1v) is 7.65. The minimum atomic E-state index is 0.283. The van der Waals surface area contributed by atoms with E-state index in [0.29, 0.717) is 0 Å². The highest BCUT2D eigenvalue weighted by Crippen LogP contribution is 2.19. The normalized spacial score (nSPS) is 11.1. The first kappa shape index (κ1) is 13.4. The lowest BCUT2D eigenvalue weighted by Gasteiger charge is -1.97. The fraction of sp³-hybridized carbons (Fsp3) is 0.364. The van der Waals surface area contributed by atoms with Gasteiger partial charge in [-0.3, -0.25) is 4.99 Å². The van der Waals surface area contributed by atoms with Crippen molar-refractivity contribution in [3.8, 4) is 5.75 Å². The lowest BCUT2D eigenvalue weighted by molar-refractivity contribution is -0.360. The van der Waals surface area contributed by atoms with Crippen molar-refractivity contribution in [3.63, 3.8) is 0 Å². The quantitative estimate of drug-likeness (QED) is 0.441. The topological polar surface area (TPSA) is 60.2 Å². The van der Waals surface area contributed by atoms with Gasteiger partial charge in [0.15, 0.2) is 0 Å². The van der Waals surface area contributed by atoms with Gasteiger partial charge in [0, 0.05) is 24.1 Å². The number of aliphatic imine (C=N–C) groups is 1. The van der Waals surface area contributed by atoms with E-state index < -0.39 is 0 Å². The first-order valence-electron chi connectivity index (χ1n) is 5.16. The molecule has 0 spiro atoms. The summed E-state index contributed by atoms with van der Waals surface area (Å²) in [4.78, 5) is 4.27. The fourth-order valence-corrected chi connectivity index (χ4v) is 2.84. The Bertz CT molecular complexity index is 332. The zero-order valence-corrected chi connectivity index (χ0v) is 10.8. The molecule has 0 aliphatic carbocycles. The molecule has 0 atom stereocenters. The molecule has 0 saturated carbocycles. The molecule has 0 heterocycles. The van der Waals surface area contributed by atoms with Crippen LogP contribution in [0.5, 0.6) is 5.75 Å². The standard InChI is InChI=1S/C11H16N2OS2/c12-5-7-15-16-8-6-13-9-10-3-1-2-4-11(10)14/h1-4,9,14H,5-8,12H2/p+1. The fourth-order valence-electron chi connectivity index (χ4n) is 1.03. The van der Waals surface area contributed by atoms with Crippen molar-refractivity contribution in [2.24, 2.45) is 4.99 Å². The maximum Gasteiger partial charge on any atom is 0.124 e. The Morgan fingerprint density at radius 1 is 1.25 bits per heavy atom. The summed E-state index contributed by atoms with van der Waals surface area (Å²) in [6.45, 7) is 1.75. The Morgan fingerprint density at radius 2 is 2.00 bits per heavy atom. The second-order valence-electron chi connectivity index (χ2n) is 3.09. The smallest absolute Gasteiger partial charge is 0.124 e. The summed E-state index contributed by atoms with van der Waals surface area (Å²) in [5.41, 5.74) is 4.55. The molecule has 0 amide bonds. The Balaban J connectivity index is 2.20. The van der Waals surface area contributed by atoms with Crippen molar-refractivity contribution in [2.75, 3.05) is 24.6 Å². The lowest BCUT2D eigenvalue weighted by atomic mass is 10.2. The molecule has 0 aliphatic heterocycles. The number of rotatable bonds is 7. The number of phenols is 1. The van der Waals surface area contributed by atoms with Gasteiger partial charge in [-0.2, -0.15) is 0 Å². The summed E-state index contributed by atoms with van der Waals surface area (Å²) >= 11 is 0. The molecule has 0 bridgehead atoms. The van der Waals surface area contributed by atoms with Gasteiger partial charge in [0.1, 0.15) is 5.75 Å². The van der Waals surface area contributed by atoms with Gasteiger partial charge >= 0.3 is 0 Å². The Labute approximate surface area is 104 Å². The third kappa shape index (κ3) is 5.44. The SMILES string of the molecule is [NH3+]CCSSCCN=Cc1ccccc1O. The van der Waals surface area contributed by atoms with Gasteiger partial charge < -0.3 is 10.8 Å². The molecule has 0 radical (unpaired) electrons. The van der Waals surface area contributed by atoms with E-state index >= 15 is 0 Å². The minimum Gasteiger partial charge on any atom is -0.507 e. The van der Waals surface area contributed by atoms with Gasteiger partial charge in [0.2, 0.25) is 0 Å². The molecule has 0 fully saturated rings. The van der Waals surface area contributed by atoms with Crippen molar-refractivity contribution in [2.45, 2.75) is 0 Å². The van der Waals surface area contributed by atoms with Crippen molar-refractivity contribution in [3.05, 3.63) is 29.8 Å². The summed E-state index contributed by atoms with van der Waals surface area (Å²) < 4.78 is 0. The average molecular weight is 257 g/mol. The number of para-hydroxylation sites is 1. The van der Waals surface area contributed by atoms with E-state index in [1.165, 1.54) is 0 Å². The maximum atomic E-state index is 9.48. The van der Waals surface area contributed by atoms with Crippen LogP contribution in [0.4, 0.5) is 0 Å². The molecule has 0 unspecified atom stereocenters. The molecule has 1 aromatic carbocycles.